The van der Waals surface area contributed by atoms with Crippen molar-refractivity contribution in [3.05, 3.63) is 36.5 Å². The molecule has 0 saturated heterocycles. The van der Waals surface area contributed by atoms with Crippen molar-refractivity contribution >= 4 is 19.0 Å². The lowest BCUT2D eigenvalue weighted by molar-refractivity contribution is 0.378. The molecule has 0 radical (unpaired) electrons. The van der Waals surface area contributed by atoms with Crippen LogP contribution in [0.2, 0.25) is 19.6 Å². The van der Waals surface area contributed by atoms with Gasteiger partial charge in [-0.05, 0) is 18.2 Å². The molecule has 16 heavy (non-hydrogen) atoms. The molecular formula is C13H17NOSi. The molecule has 0 saturated carbocycles. The number of nitrogens with zero attached hydrogens (tertiary/aromatic N) is 1. The second-order valence-corrected chi connectivity index (χ2v) is 10.6. The number of hydrogen-bond acceptors (Lipinski definition) is 2. The van der Waals surface area contributed by atoms with Crippen LogP contribution in [0.1, 0.15) is 0 Å². The Kier molecular flexibility index (Phi) is 2.96. The van der Waals surface area contributed by atoms with Crippen LogP contribution < -0.4 is 4.74 Å². The Hall–Kier alpha value is -1.35. The van der Waals surface area contributed by atoms with Crippen LogP contribution in [0.4, 0.5) is 0 Å². The van der Waals surface area contributed by atoms with E-state index in [-0.39, 0.29) is 0 Å². The molecule has 1 heterocycles. The second-order valence-electron chi connectivity index (χ2n) is 5.21. The van der Waals surface area contributed by atoms with E-state index in [1.165, 1.54) is 0 Å². The zero-order valence-corrected chi connectivity index (χ0v) is 11.0. The van der Waals surface area contributed by atoms with Crippen LogP contribution in [-0.2, 0) is 0 Å². The Morgan fingerprint density at radius 2 is 2.00 bits per heavy atom. The molecule has 0 unspecified atom stereocenters. The average Bonchev–Trinajstić information content (AvgIpc) is 2.25. The fourth-order valence-corrected chi connectivity index (χ4v) is 2.04. The minimum atomic E-state index is -1.15. The van der Waals surface area contributed by atoms with Gasteiger partial charge in [0, 0.05) is 17.6 Å². The third-order valence-electron chi connectivity index (χ3n) is 2.25. The molecule has 3 heteroatoms. The lowest BCUT2D eigenvalue weighted by Gasteiger charge is -2.16. The number of rotatable bonds is 3. The standard InChI is InChI=1S/C13H17NOSi/c1-16(2,3)10-15-12-7-6-11-5-4-8-14-13(11)9-12/h4-9H,10H2,1-3H3. The van der Waals surface area contributed by atoms with E-state index in [1.807, 2.05) is 24.4 Å². The van der Waals surface area contributed by atoms with Crippen LogP contribution in [0.3, 0.4) is 0 Å². The Labute approximate surface area is 97.3 Å². The van der Waals surface area contributed by atoms with E-state index < -0.39 is 8.07 Å². The minimum absolute atomic E-state index is 0.853. The Balaban J connectivity index is 2.20. The predicted molar refractivity (Wildman–Crippen MR) is 70.6 cm³/mol. The predicted octanol–water partition coefficient (Wildman–Crippen LogP) is 3.49. The molecule has 0 N–H and O–H groups in total. The first-order valence-electron chi connectivity index (χ1n) is 5.52. The van der Waals surface area contributed by atoms with E-state index in [1.54, 1.807) is 0 Å². The molecule has 1 aromatic carbocycles. The van der Waals surface area contributed by atoms with Crippen molar-refractivity contribution in [3.8, 4) is 5.75 Å². The molecule has 0 spiro atoms. The smallest absolute Gasteiger partial charge is 0.120 e. The van der Waals surface area contributed by atoms with Crippen LogP contribution in [0.5, 0.6) is 5.75 Å². The maximum absolute atomic E-state index is 5.80. The summed E-state index contributed by atoms with van der Waals surface area (Å²) in [4.78, 5) is 4.32. The highest BCUT2D eigenvalue weighted by Crippen LogP contribution is 2.19. The van der Waals surface area contributed by atoms with Crippen molar-refractivity contribution < 1.29 is 4.74 Å². The fourth-order valence-electron chi connectivity index (χ4n) is 1.44. The zero-order valence-electron chi connectivity index (χ0n) is 10.0. The van der Waals surface area contributed by atoms with Crippen LogP contribution in [0, 0.1) is 0 Å². The number of pyridine rings is 1. The fraction of sp³-hybridized carbons (Fsp3) is 0.308. The summed E-state index contributed by atoms with van der Waals surface area (Å²) in [6.45, 7) is 6.89. The summed E-state index contributed by atoms with van der Waals surface area (Å²) in [5.74, 6) is 0.925. The number of ether oxygens (including phenoxy) is 1. The highest BCUT2D eigenvalue weighted by Gasteiger charge is 2.14. The topological polar surface area (TPSA) is 22.1 Å². The highest BCUT2D eigenvalue weighted by atomic mass is 28.3. The first kappa shape index (κ1) is 11.1. The minimum Gasteiger partial charge on any atom is -0.497 e. The van der Waals surface area contributed by atoms with Crippen molar-refractivity contribution in [2.45, 2.75) is 19.6 Å². The van der Waals surface area contributed by atoms with Crippen molar-refractivity contribution in [1.29, 1.82) is 0 Å². The molecule has 0 amide bonds. The maximum atomic E-state index is 5.80. The normalized spacial score (nSPS) is 11.7. The van der Waals surface area contributed by atoms with Crippen LogP contribution in [-0.4, -0.2) is 19.3 Å². The molecule has 0 aliphatic rings. The summed E-state index contributed by atoms with van der Waals surface area (Å²) < 4.78 is 5.80. The molecule has 0 aliphatic heterocycles. The second kappa shape index (κ2) is 4.26. The monoisotopic (exact) mass is 231 g/mol. The average molecular weight is 231 g/mol. The molecular weight excluding hydrogens is 214 g/mol. The first-order valence-corrected chi connectivity index (χ1v) is 9.23. The van der Waals surface area contributed by atoms with E-state index in [0.717, 1.165) is 22.9 Å². The Morgan fingerprint density at radius 3 is 2.75 bits per heavy atom. The van der Waals surface area contributed by atoms with Gasteiger partial charge < -0.3 is 4.74 Å². The summed E-state index contributed by atoms with van der Waals surface area (Å²) in [5.41, 5.74) is 0.996. The Bertz CT molecular complexity index is 491. The van der Waals surface area contributed by atoms with Gasteiger partial charge in [0.2, 0.25) is 0 Å². The van der Waals surface area contributed by atoms with Gasteiger partial charge in [-0.1, -0.05) is 25.7 Å². The lowest BCUT2D eigenvalue weighted by Crippen LogP contribution is -2.29. The van der Waals surface area contributed by atoms with Gasteiger partial charge in [0.05, 0.1) is 19.8 Å². The number of hydrogen-bond donors (Lipinski definition) is 0. The van der Waals surface area contributed by atoms with Gasteiger partial charge in [0.25, 0.3) is 0 Å². The molecule has 84 valence electrons. The van der Waals surface area contributed by atoms with Gasteiger partial charge in [0.15, 0.2) is 0 Å². The van der Waals surface area contributed by atoms with Gasteiger partial charge >= 0.3 is 0 Å². The van der Waals surface area contributed by atoms with E-state index in [9.17, 15) is 0 Å². The molecule has 2 rings (SSSR count). The maximum Gasteiger partial charge on any atom is 0.120 e. The van der Waals surface area contributed by atoms with Gasteiger partial charge in [-0.15, -0.1) is 0 Å². The third-order valence-corrected chi connectivity index (χ3v) is 3.26. The van der Waals surface area contributed by atoms with Gasteiger partial charge in [0.1, 0.15) is 5.75 Å². The summed E-state index contributed by atoms with van der Waals surface area (Å²) in [6, 6.07) is 10.1. The van der Waals surface area contributed by atoms with Gasteiger partial charge in [-0.2, -0.15) is 0 Å². The SMILES string of the molecule is C[Si](C)(C)COc1ccc2cccnc2c1. The molecule has 2 aromatic rings. The Morgan fingerprint density at radius 1 is 1.19 bits per heavy atom. The van der Waals surface area contributed by atoms with Crippen LogP contribution in [0.25, 0.3) is 10.9 Å². The van der Waals surface area contributed by atoms with Crippen molar-refractivity contribution in [3.63, 3.8) is 0 Å². The highest BCUT2D eigenvalue weighted by molar-refractivity contribution is 6.76. The van der Waals surface area contributed by atoms with Crippen LogP contribution >= 0.6 is 0 Å². The van der Waals surface area contributed by atoms with E-state index >= 15 is 0 Å². The largest absolute Gasteiger partial charge is 0.497 e. The first-order chi connectivity index (χ1) is 7.54. The number of benzene rings is 1. The summed E-state index contributed by atoms with van der Waals surface area (Å²) in [5, 5.41) is 1.16. The summed E-state index contributed by atoms with van der Waals surface area (Å²) in [7, 11) is -1.15. The van der Waals surface area contributed by atoms with Crippen LogP contribution in [0.15, 0.2) is 36.5 Å². The van der Waals surface area contributed by atoms with Crippen molar-refractivity contribution in [1.82, 2.24) is 4.98 Å². The third kappa shape index (κ3) is 2.82. The molecule has 0 fully saturated rings. The van der Waals surface area contributed by atoms with E-state index in [2.05, 4.69) is 36.8 Å². The molecule has 2 nitrogen and oxygen atoms in total. The zero-order chi connectivity index (χ0) is 11.6. The number of fused-ring (bicyclic) bond motifs is 1. The summed E-state index contributed by atoms with van der Waals surface area (Å²) >= 11 is 0. The lowest BCUT2D eigenvalue weighted by atomic mass is 10.2. The molecule has 1 aromatic heterocycles. The van der Waals surface area contributed by atoms with E-state index in [4.69, 9.17) is 4.74 Å². The number of aromatic nitrogens is 1. The van der Waals surface area contributed by atoms with Crippen molar-refractivity contribution in [2.75, 3.05) is 6.23 Å². The molecule has 0 bridgehead atoms. The molecule has 0 aliphatic carbocycles. The van der Waals surface area contributed by atoms with E-state index in [0.29, 0.717) is 0 Å². The summed E-state index contributed by atoms with van der Waals surface area (Å²) in [6.07, 6.45) is 2.66. The van der Waals surface area contributed by atoms with Gasteiger partial charge in [-0.3, -0.25) is 4.98 Å². The van der Waals surface area contributed by atoms with Gasteiger partial charge in [-0.25, -0.2) is 0 Å². The quantitative estimate of drug-likeness (QED) is 0.754. The van der Waals surface area contributed by atoms with Crippen molar-refractivity contribution in [2.24, 2.45) is 0 Å². The molecule has 0 atom stereocenters.